The number of hydrogen-bond acceptors (Lipinski definition) is 2. The van der Waals surface area contributed by atoms with Gasteiger partial charge in [0.1, 0.15) is 0 Å². The van der Waals surface area contributed by atoms with Crippen molar-refractivity contribution in [3.8, 4) is 0 Å². The molecule has 0 fully saturated rings. The Morgan fingerprint density at radius 1 is 0.682 bits per heavy atom. The van der Waals surface area contributed by atoms with E-state index in [9.17, 15) is 0 Å². The van der Waals surface area contributed by atoms with Crippen molar-refractivity contribution < 1.29 is 0 Å². The number of hydrogen-bond donors (Lipinski definition) is 0. The molecule has 0 saturated carbocycles. The predicted molar refractivity (Wildman–Crippen MR) is 105 cm³/mol. The summed E-state index contributed by atoms with van der Waals surface area (Å²) in [6.45, 7) is 24.5. The van der Waals surface area contributed by atoms with Gasteiger partial charge >= 0.3 is 45.1 Å². The average Bonchev–Trinajstić information content (AvgIpc) is 2.51. The van der Waals surface area contributed by atoms with Crippen LogP contribution in [0.1, 0.15) is 55.4 Å². The first kappa shape index (κ1) is 25.0. The van der Waals surface area contributed by atoms with Crippen LogP contribution < -0.4 is 0 Å². The van der Waals surface area contributed by atoms with E-state index in [4.69, 9.17) is 5.32 Å². The maximum absolute atomic E-state index is 4.72. The van der Waals surface area contributed by atoms with Gasteiger partial charge in [-0.2, -0.15) is 0 Å². The third-order valence-electron chi connectivity index (χ3n) is 4.24. The van der Waals surface area contributed by atoms with E-state index in [1.807, 2.05) is 0 Å². The molecular formula is C18H42InN3. The van der Waals surface area contributed by atoms with E-state index in [1.165, 1.54) is 8.35 Å². The molecule has 0 N–H and O–H groups in total. The van der Waals surface area contributed by atoms with Gasteiger partial charge in [-0.15, -0.1) is 13.1 Å². The quantitative estimate of drug-likeness (QED) is 0.472. The summed E-state index contributed by atoms with van der Waals surface area (Å²) in [5, 5.41) is 4.72. The summed E-state index contributed by atoms with van der Waals surface area (Å²) in [6.07, 6.45) is 0. The molecule has 0 saturated heterocycles. The van der Waals surface area contributed by atoms with Crippen LogP contribution in [-0.4, -0.2) is 84.1 Å². The Kier molecular flexibility index (Phi) is 20.6. The van der Waals surface area contributed by atoms with E-state index in [2.05, 4.69) is 65.2 Å². The maximum atomic E-state index is 4.72. The summed E-state index contributed by atoms with van der Waals surface area (Å²) in [6, 6.07) is 1.16. The summed E-state index contributed by atoms with van der Waals surface area (Å²) in [5.41, 5.74) is 0. The van der Waals surface area contributed by atoms with E-state index in [0.29, 0.717) is 12.1 Å². The first-order valence-corrected chi connectivity index (χ1v) is 14.1. The second-order valence-corrected chi connectivity index (χ2v) is 12.1. The molecule has 0 aromatic rings. The monoisotopic (exact) mass is 415 g/mol. The van der Waals surface area contributed by atoms with Crippen molar-refractivity contribution in [1.29, 1.82) is 0 Å². The Labute approximate surface area is 153 Å². The van der Waals surface area contributed by atoms with Gasteiger partial charge in [0.25, 0.3) is 0 Å². The SMILES string of the molecule is CCN(CC)C(C)C[N-]CC(C)N(CC)CC.C[CH2][In+][CH2]C. The molecular weight excluding hydrogens is 373 g/mol. The van der Waals surface area contributed by atoms with Crippen LogP contribution in [0.2, 0.25) is 8.35 Å². The van der Waals surface area contributed by atoms with Crippen LogP contribution in [0.3, 0.4) is 0 Å². The van der Waals surface area contributed by atoms with Crippen molar-refractivity contribution in [3.63, 3.8) is 0 Å². The average molecular weight is 415 g/mol. The molecule has 0 aromatic heterocycles. The molecule has 2 unspecified atom stereocenters. The van der Waals surface area contributed by atoms with Crippen LogP contribution in [0, 0.1) is 0 Å². The van der Waals surface area contributed by atoms with Crippen LogP contribution in [0.5, 0.6) is 0 Å². The van der Waals surface area contributed by atoms with Gasteiger partial charge in [-0.25, -0.2) is 0 Å². The Bertz CT molecular complexity index is 187. The van der Waals surface area contributed by atoms with Crippen LogP contribution in [0.15, 0.2) is 0 Å². The second-order valence-electron chi connectivity index (χ2n) is 5.83. The number of rotatable bonds is 12. The van der Waals surface area contributed by atoms with Crippen molar-refractivity contribution in [3.05, 3.63) is 5.32 Å². The molecule has 0 radical (unpaired) electrons. The zero-order valence-electron chi connectivity index (χ0n) is 16.7. The summed E-state index contributed by atoms with van der Waals surface area (Å²) in [5.74, 6) is 0. The van der Waals surface area contributed by atoms with Crippen molar-refractivity contribution in [2.24, 2.45) is 0 Å². The number of nitrogens with zero attached hydrogens (tertiary/aromatic N) is 3. The molecule has 4 heteroatoms. The molecule has 0 aliphatic rings. The molecule has 0 heterocycles. The fourth-order valence-corrected chi connectivity index (χ4v) is 4.31. The normalized spacial score (nSPS) is 13.5. The van der Waals surface area contributed by atoms with Crippen LogP contribution in [-0.2, 0) is 0 Å². The third kappa shape index (κ3) is 13.2. The molecule has 132 valence electrons. The van der Waals surface area contributed by atoms with Gasteiger partial charge in [0.15, 0.2) is 0 Å². The summed E-state index contributed by atoms with van der Waals surface area (Å²) in [7, 11) is 0. The number of likely N-dealkylation sites (N-methyl/N-ethyl adjacent to an activating group) is 2. The second kappa shape index (κ2) is 18.1. The Morgan fingerprint density at radius 3 is 1.18 bits per heavy atom. The molecule has 0 bridgehead atoms. The fraction of sp³-hybridized carbons (Fsp3) is 1.00. The van der Waals surface area contributed by atoms with Gasteiger partial charge in [-0.05, 0) is 38.3 Å². The summed E-state index contributed by atoms with van der Waals surface area (Å²) >= 11 is 0.0800. The standard InChI is InChI=1S/C14H32N3.2C2H5.In/c1-7-16(8-2)13(5)11-15-12-14(6)17(9-3)10-4;2*1-2;/h13-14H,7-12H2,1-6H3;2*1H2,2H3;/q-1;;;+1. The van der Waals surface area contributed by atoms with Gasteiger partial charge in [-0.1, -0.05) is 41.5 Å². The minimum absolute atomic E-state index is 0.0800. The van der Waals surface area contributed by atoms with Crippen molar-refractivity contribution in [1.82, 2.24) is 9.80 Å². The molecule has 0 aromatic carbocycles. The van der Waals surface area contributed by atoms with E-state index in [0.717, 1.165) is 39.3 Å². The molecule has 0 amide bonds. The first-order chi connectivity index (χ1) is 10.5. The zero-order valence-corrected chi connectivity index (χ0v) is 20.0. The van der Waals surface area contributed by atoms with Crippen molar-refractivity contribution in [2.45, 2.75) is 75.8 Å². The van der Waals surface area contributed by atoms with Crippen LogP contribution in [0.25, 0.3) is 5.32 Å². The Morgan fingerprint density at radius 2 is 1.00 bits per heavy atom. The molecule has 0 aliphatic heterocycles. The molecule has 0 aliphatic carbocycles. The Hall–Kier alpha value is 0.750. The predicted octanol–water partition coefficient (Wildman–Crippen LogP) is 4.39. The first-order valence-electron chi connectivity index (χ1n) is 9.44. The Balaban J connectivity index is 0. The molecule has 0 spiro atoms. The van der Waals surface area contributed by atoms with E-state index < -0.39 is 0 Å². The van der Waals surface area contributed by atoms with E-state index >= 15 is 0 Å². The van der Waals surface area contributed by atoms with Crippen LogP contribution in [0.4, 0.5) is 0 Å². The van der Waals surface area contributed by atoms with Gasteiger partial charge < -0.3 is 15.1 Å². The molecule has 3 nitrogen and oxygen atoms in total. The summed E-state index contributed by atoms with van der Waals surface area (Å²) < 4.78 is 3.07. The van der Waals surface area contributed by atoms with Crippen molar-refractivity contribution >= 4 is 22.9 Å². The van der Waals surface area contributed by atoms with Gasteiger partial charge in [0.05, 0.1) is 0 Å². The van der Waals surface area contributed by atoms with E-state index in [1.54, 1.807) is 0 Å². The molecule has 2 atom stereocenters. The van der Waals surface area contributed by atoms with Gasteiger partial charge in [0.2, 0.25) is 0 Å². The zero-order chi connectivity index (χ0) is 17.4. The van der Waals surface area contributed by atoms with Gasteiger partial charge in [-0.3, -0.25) is 0 Å². The van der Waals surface area contributed by atoms with Crippen molar-refractivity contribution in [2.75, 3.05) is 39.3 Å². The molecule has 22 heavy (non-hydrogen) atoms. The van der Waals surface area contributed by atoms with E-state index in [-0.39, 0.29) is 22.9 Å². The summed E-state index contributed by atoms with van der Waals surface area (Å²) in [4.78, 5) is 4.93. The van der Waals surface area contributed by atoms with Gasteiger partial charge in [0, 0.05) is 0 Å². The molecule has 0 rings (SSSR count). The third-order valence-corrected chi connectivity index (χ3v) is 7.53. The fourth-order valence-electron chi connectivity index (χ4n) is 2.66. The van der Waals surface area contributed by atoms with Crippen LogP contribution >= 0.6 is 0 Å². The topological polar surface area (TPSA) is 20.6 Å². The minimum atomic E-state index is 0.0800.